The van der Waals surface area contributed by atoms with Crippen molar-refractivity contribution < 1.29 is 23.8 Å². The van der Waals surface area contributed by atoms with Gasteiger partial charge in [0.15, 0.2) is 0 Å². The van der Waals surface area contributed by atoms with Crippen LogP contribution in [0.4, 0.5) is 15.3 Å². The van der Waals surface area contributed by atoms with Crippen molar-refractivity contribution in [3.63, 3.8) is 0 Å². The van der Waals surface area contributed by atoms with Crippen molar-refractivity contribution in [2.45, 2.75) is 13.8 Å². The Morgan fingerprint density at radius 1 is 0.923 bits per heavy atom. The van der Waals surface area contributed by atoms with Crippen molar-refractivity contribution in [1.82, 2.24) is 5.43 Å². The van der Waals surface area contributed by atoms with Gasteiger partial charge in [-0.1, -0.05) is 12.1 Å². The number of hydrogen-bond acceptors (Lipinski definition) is 5. The highest BCUT2D eigenvalue weighted by Gasteiger charge is 2.23. The fourth-order valence-electron chi connectivity index (χ4n) is 2.42. The molecule has 0 unspecified atom stereocenters. The van der Waals surface area contributed by atoms with Gasteiger partial charge in [0.25, 0.3) is 0 Å². The number of anilines is 1. The van der Waals surface area contributed by atoms with Gasteiger partial charge in [-0.15, -0.1) is 0 Å². The summed E-state index contributed by atoms with van der Waals surface area (Å²) in [4.78, 5) is 24.0. The fourth-order valence-corrected chi connectivity index (χ4v) is 2.42. The molecular formula is C19H22N2O5. The zero-order valence-electron chi connectivity index (χ0n) is 15.5. The molecule has 0 saturated carbocycles. The molecule has 0 saturated heterocycles. The van der Waals surface area contributed by atoms with E-state index in [0.717, 1.165) is 33.0 Å². The topological polar surface area (TPSA) is 77.1 Å². The van der Waals surface area contributed by atoms with Crippen LogP contribution in [0, 0.1) is 13.8 Å². The molecular weight excluding hydrogens is 336 g/mol. The van der Waals surface area contributed by atoms with E-state index in [2.05, 4.69) is 10.2 Å². The van der Waals surface area contributed by atoms with Crippen molar-refractivity contribution in [2.24, 2.45) is 0 Å². The highest BCUT2D eigenvalue weighted by Crippen LogP contribution is 2.34. The standard InChI is InChI=1S/C19H22N2O5/c1-12-10-16(14-6-8-15(24-3)9-7-14)17(11-13(12)2)21(19(23)26-5)20-18(22)25-4/h6-11H,1-5H3,(H,20,22). The summed E-state index contributed by atoms with van der Waals surface area (Å²) in [5.41, 5.74) is 6.45. The lowest BCUT2D eigenvalue weighted by Gasteiger charge is -2.25. The van der Waals surface area contributed by atoms with Crippen molar-refractivity contribution in [3.8, 4) is 16.9 Å². The first-order chi connectivity index (χ1) is 12.4. The van der Waals surface area contributed by atoms with Gasteiger partial charge in [0.1, 0.15) is 5.75 Å². The van der Waals surface area contributed by atoms with Crippen molar-refractivity contribution >= 4 is 17.9 Å². The Bertz CT molecular complexity index is 802. The summed E-state index contributed by atoms with van der Waals surface area (Å²) in [5.74, 6) is 0.719. The maximum absolute atomic E-state index is 12.3. The smallest absolute Gasteiger partial charge is 0.433 e. The molecule has 138 valence electrons. The average molecular weight is 358 g/mol. The monoisotopic (exact) mass is 358 g/mol. The molecule has 0 spiro atoms. The van der Waals surface area contributed by atoms with Crippen molar-refractivity contribution in [3.05, 3.63) is 47.5 Å². The minimum Gasteiger partial charge on any atom is -0.497 e. The molecule has 0 aliphatic rings. The van der Waals surface area contributed by atoms with Crippen LogP contribution in [0.15, 0.2) is 36.4 Å². The zero-order chi connectivity index (χ0) is 19.3. The number of hydrogen-bond donors (Lipinski definition) is 1. The number of rotatable bonds is 3. The molecule has 26 heavy (non-hydrogen) atoms. The lowest BCUT2D eigenvalue weighted by Crippen LogP contribution is -2.46. The number of amides is 2. The third-order valence-electron chi connectivity index (χ3n) is 4.00. The summed E-state index contributed by atoms with van der Waals surface area (Å²) >= 11 is 0. The Balaban J connectivity index is 2.61. The molecule has 7 heteroatoms. The van der Waals surface area contributed by atoms with Gasteiger partial charge in [0, 0.05) is 5.56 Å². The lowest BCUT2D eigenvalue weighted by atomic mass is 9.98. The Hall–Kier alpha value is -3.22. The van der Waals surface area contributed by atoms with E-state index in [9.17, 15) is 9.59 Å². The summed E-state index contributed by atoms with van der Waals surface area (Å²) in [6, 6.07) is 11.2. The number of carbonyl (C=O) groups is 2. The molecule has 2 aromatic rings. The van der Waals surface area contributed by atoms with Crippen molar-refractivity contribution in [1.29, 1.82) is 0 Å². The van der Waals surface area contributed by atoms with Crippen molar-refractivity contribution in [2.75, 3.05) is 26.3 Å². The second-order valence-electron chi connectivity index (χ2n) is 5.59. The summed E-state index contributed by atoms with van der Waals surface area (Å²) in [7, 11) is 4.05. The second-order valence-corrected chi connectivity index (χ2v) is 5.59. The van der Waals surface area contributed by atoms with E-state index in [-0.39, 0.29) is 0 Å². The van der Waals surface area contributed by atoms with Crippen LogP contribution in [-0.4, -0.2) is 33.5 Å². The number of aryl methyl sites for hydroxylation is 2. The molecule has 0 aliphatic heterocycles. The van der Waals surface area contributed by atoms with E-state index >= 15 is 0 Å². The summed E-state index contributed by atoms with van der Waals surface area (Å²) in [6.45, 7) is 3.90. The first-order valence-electron chi connectivity index (χ1n) is 7.89. The quantitative estimate of drug-likeness (QED) is 0.844. The fraction of sp³-hybridized carbons (Fsp3) is 0.263. The maximum Gasteiger partial charge on any atom is 0.433 e. The van der Waals surface area contributed by atoms with E-state index in [1.165, 1.54) is 14.2 Å². The van der Waals surface area contributed by atoms with E-state index in [1.54, 1.807) is 7.11 Å². The number of benzene rings is 2. The Morgan fingerprint density at radius 2 is 1.54 bits per heavy atom. The molecule has 0 aromatic heterocycles. The van der Waals surface area contributed by atoms with Crippen LogP contribution in [0.5, 0.6) is 5.75 Å². The number of nitrogens with zero attached hydrogens (tertiary/aromatic N) is 1. The molecule has 0 fully saturated rings. The second kappa shape index (κ2) is 8.24. The highest BCUT2D eigenvalue weighted by atomic mass is 16.6. The number of hydrazine groups is 1. The van der Waals surface area contributed by atoms with E-state index in [1.807, 2.05) is 50.2 Å². The molecule has 7 nitrogen and oxygen atoms in total. The molecule has 2 aromatic carbocycles. The molecule has 0 aliphatic carbocycles. The predicted octanol–water partition coefficient (Wildman–Crippen LogP) is 3.82. The molecule has 0 bridgehead atoms. The number of ether oxygens (including phenoxy) is 3. The average Bonchev–Trinajstić information content (AvgIpc) is 2.67. The normalized spacial score (nSPS) is 10.0. The lowest BCUT2D eigenvalue weighted by molar-refractivity contribution is 0.157. The molecule has 1 N–H and O–H groups in total. The minimum absolute atomic E-state index is 0.468. The van der Waals surface area contributed by atoms with Gasteiger partial charge in [-0.05, 0) is 54.8 Å². The van der Waals surface area contributed by atoms with E-state index < -0.39 is 12.2 Å². The van der Waals surface area contributed by atoms with Gasteiger partial charge >= 0.3 is 12.2 Å². The summed E-state index contributed by atoms with van der Waals surface area (Å²) < 4.78 is 14.6. The van der Waals surface area contributed by atoms with E-state index in [4.69, 9.17) is 9.47 Å². The third-order valence-corrected chi connectivity index (χ3v) is 4.00. The van der Waals surface area contributed by atoms with Gasteiger partial charge in [0.2, 0.25) is 0 Å². The van der Waals surface area contributed by atoms with Crippen LogP contribution in [-0.2, 0) is 9.47 Å². The Labute approximate surface area is 152 Å². The number of carbonyl (C=O) groups excluding carboxylic acids is 2. The van der Waals surface area contributed by atoms with Crippen LogP contribution in [0.2, 0.25) is 0 Å². The third kappa shape index (κ3) is 4.05. The SMILES string of the molecule is COC(=O)NN(C(=O)OC)c1cc(C)c(C)cc1-c1ccc(OC)cc1. The van der Waals surface area contributed by atoms with Crippen LogP contribution >= 0.6 is 0 Å². The molecule has 2 rings (SSSR count). The largest absolute Gasteiger partial charge is 0.497 e. The van der Waals surface area contributed by atoms with Gasteiger partial charge in [-0.2, -0.15) is 5.01 Å². The minimum atomic E-state index is -0.783. The molecule has 0 atom stereocenters. The van der Waals surface area contributed by atoms with Gasteiger partial charge in [-0.3, -0.25) is 0 Å². The molecule has 0 heterocycles. The number of methoxy groups -OCH3 is 3. The van der Waals surface area contributed by atoms with Crippen LogP contribution in [0.3, 0.4) is 0 Å². The van der Waals surface area contributed by atoms with Crippen LogP contribution < -0.4 is 15.2 Å². The van der Waals surface area contributed by atoms with E-state index in [0.29, 0.717) is 5.69 Å². The number of nitrogens with one attached hydrogen (secondary N) is 1. The molecule has 2 amide bonds. The Morgan fingerprint density at radius 3 is 2.08 bits per heavy atom. The predicted molar refractivity (Wildman–Crippen MR) is 98.3 cm³/mol. The van der Waals surface area contributed by atoms with Gasteiger partial charge in [0.05, 0.1) is 27.0 Å². The summed E-state index contributed by atoms with van der Waals surface area (Å²) in [6.07, 6.45) is -1.53. The first kappa shape index (κ1) is 19.1. The summed E-state index contributed by atoms with van der Waals surface area (Å²) in [5, 5.41) is 1.03. The molecule has 0 radical (unpaired) electrons. The maximum atomic E-state index is 12.3. The van der Waals surface area contributed by atoms with Crippen LogP contribution in [0.1, 0.15) is 11.1 Å². The zero-order valence-corrected chi connectivity index (χ0v) is 15.5. The van der Waals surface area contributed by atoms with Crippen LogP contribution in [0.25, 0.3) is 11.1 Å². The highest BCUT2D eigenvalue weighted by molar-refractivity contribution is 5.96. The first-order valence-corrected chi connectivity index (χ1v) is 7.89. The van der Waals surface area contributed by atoms with Gasteiger partial charge < -0.3 is 14.2 Å². The Kier molecular flexibility index (Phi) is 6.06. The van der Waals surface area contributed by atoms with Gasteiger partial charge in [-0.25, -0.2) is 15.0 Å².